The van der Waals surface area contributed by atoms with E-state index in [1.54, 1.807) is 48.5 Å². The third-order valence-electron chi connectivity index (χ3n) is 6.50. The zero-order valence-corrected chi connectivity index (χ0v) is 18.4. The highest BCUT2D eigenvalue weighted by Crippen LogP contribution is 2.42. The second kappa shape index (κ2) is 7.68. The summed E-state index contributed by atoms with van der Waals surface area (Å²) in [4.78, 5) is 24.9. The number of carboxylic acids is 1. The van der Waals surface area contributed by atoms with Gasteiger partial charge in [-0.2, -0.15) is 13.2 Å². The number of carbonyl (C=O) groups excluding carboxylic acids is 1. The number of hydrogen-bond donors (Lipinski definition) is 1. The molecule has 1 N–H and O–H groups in total. The minimum Gasteiger partial charge on any atom is -0.478 e. The predicted octanol–water partition coefficient (Wildman–Crippen LogP) is 7.67. The van der Waals surface area contributed by atoms with Crippen molar-refractivity contribution in [2.24, 2.45) is 0 Å². The number of halogens is 3. The van der Waals surface area contributed by atoms with Crippen molar-refractivity contribution in [3.8, 4) is 5.75 Å². The van der Waals surface area contributed by atoms with Gasteiger partial charge < -0.3 is 9.84 Å². The number of rotatable bonds is 3. The molecule has 36 heavy (non-hydrogen) atoms. The molecule has 0 heterocycles. The van der Waals surface area contributed by atoms with E-state index in [2.05, 4.69) is 0 Å². The predicted molar refractivity (Wildman–Crippen MR) is 131 cm³/mol. The van der Waals surface area contributed by atoms with Crippen LogP contribution in [0.25, 0.3) is 43.1 Å². The molecule has 6 rings (SSSR count). The minimum atomic E-state index is -4.48. The van der Waals surface area contributed by atoms with Crippen molar-refractivity contribution in [3.63, 3.8) is 0 Å². The SMILES string of the molecule is O=C(O)c1ccc2c3cccc4c(C(=O)Oc5ccc(C(F)(F)F)cc5)ccc(c5cccc1c25)c43. The molecular formula is C29H15F3O4. The molecule has 7 heteroatoms. The molecule has 0 radical (unpaired) electrons. The third-order valence-corrected chi connectivity index (χ3v) is 6.50. The first kappa shape index (κ1) is 21.9. The summed E-state index contributed by atoms with van der Waals surface area (Å²) in [5.41, 5.74) is -0.348. The highest BCUT2D eigenvalue weighted by atomic mass is 19.4. The molecular weight excluding hydrogens is 469 g/mol. The minimum absolute atomic E-state index is 0.00443. The second-order valence-electron chi connectivity index (χ2n) is 8.49. The Morgan fingerprint density at radius 1 is 0.611 bits per heavy atom. The van der Waals surface area contributed by atoms with E-state index in [1.807, 2.05) is 12.1 Å². The van der Waals surface area contributed by atoms with Crippen LogP contribution in [0.5, 0.6) is 5.75 Å². The highest BCUT2D eigenvalue weighted by molar-refractivity contribution is 6.35. The summed E-state index contributed by atoms with van der Waals surface area (Å²) < 4.78 is 43.9. The van der Waals surface area contributed by atoms with Gasteiger partial charge in [-0.1, -0.05) is 48.5 Å². The van der Waals surface area contributed by atoms with Crippen LogP contribution in [0.3, 0.4) is 0 Å². The maximum absolute atomic E-state index is 13.1. The van der Waals surface area contributed by atoms with Gasteiger partial charge in [-0.05, 0) is 79.5 Å². The Bertz CT molecular complexity index is 1820. The topological polar surface area (TPSA) is 63.6 Å². The van der Waals surface area contributed by atoms with Crippen LogP contribution < -0.4 is 4.74 Å². The Hall–Kier alpha value is -4.65. The number of ether oxygens (including phenoxy) is 1. The van der Waals surface area contributed by atoms with Crippen molar-refractivity contribution in [1.29, 1.82) is 0 Å². The van der Waals surface area contributed by atoms with Crippen molar-refractivity contribution < 1.29 is 32.6 Å². The lowest BCUT2D eigenvalue weighted by Crippen LogP contribution is -2.10. The summed E-state index contributed by atoms with van der Waals surface area (Å²) in [6.45, 7) is 0. The Morgan fingerprint density at radius 3 is 1.61 bits per heavy atom. The Kier molecular flexibility index (Phi) is 4.66. The molecule has 176 valence electrons. The first-order valence-corrected chi connectivity index (χ1v) is 11.0. The first-order valence-electron chi connectivity index (χ1n) is 11.0. The first-order chi connectivity index (χ1) is 17.2. The number of carboxylic acid groups (broad SMARTS) is 1. The van der Waals surface area contributed by atoms with Crippen molar-refractivity contribution in [2.75, 3.05) is 0 Å². The van der Waals surface area contributed by atoms with Crippen LogP contribution in [-0.2, 0) is 6.18 Å². The molecule has 0 aliphatic rings. The fourth-order valence-electron chi connectivity index (χ4n) is 4.95. The maximum atomic E-state index is 13.1. The third kappa shape index (κ3) is 3.24. The van der Waals surface area contributed by atoms with Gasteiger partial charge >= 0.3 is 18.1 Å². The van der Waals surface area contributed by atoms with Gasteiger partial charge in [0, 0.05) is 0 Å². The van der Waals surface area contributed by atoms with Crippen molar-refractivity contribution in [1.82, 2.24) is 0 Å². The average molecular weight is 484 g/mol. The number of aromatic carboxylic acids is 1. The molecule has 6 aromatic carbocycles. The van der Waals surface area contributed by atoms with Crippen molar-refractivity contribution in [2.45, 2.75) is 6.18 Å². The maximum Gasteiger partial charge on any atom is 0.416 e. The molecule has 0 bridgehead atoms. The van der Waals surface area contributed by atoms with E-state index >= 15 is 0 Å². The van der Waals surface area contributed by atoms with Crippen LogP contribution >= 0.6 is 0 Å². The molecule has 0 spiro atoms. The molecule has 0 saturated carbocycles. The molecule has 4 nitrogen and oxygen atoms in total. The van der Waals surface area contributed by atoms with Crippen LogP contribution in [-0.4, -0.2) is 17.0 Å². The van der Waals surface area contributed by atoms with E-state index in [9.17, 15) is 27.9 Å². The molecule has 0 unspecified atom stereocenters. The van der Waals surface area contributed by atoms with Crippen LogP contribution in [0.1, 0.15) is 26.3 Å². The molecule has 0 saturated heterocycles. The summed E-state index contributed by atoms with van der Waals surface area (Å²) in [6.07, 6.45) is -4.48. The highest BCUT2D eigenvalue weighted by Gasteiger charge is 2.30. The van der Waals surface area contributed by atoms with Crippen LogP contribution in [0, 0.1) is 0 Å². The van der Waals surface area contributed by atoms with E-state index < -0.39 is 23.7 Å². The second-order valence-corrected chi connectivity index (χ2v) is 8.49. The van der Waals surface area contributed by atoms with E-state index in [4.69, 9.17) is 4.74 Å². The number of alkyl halides is 3. The van der Waals surface area contributed by atoms with Crippen LogP contribution in [0.4, 0.5) is 13.2 Å². The summed E-state index contributed by atoms with van der Waals surface area (Å²) in [5.74, 6) is -1.70. The summed E-state index contributed by atoms with van der Waals surface area (Å²) in [5, 5.41) is 16.0. The number of benzene rings is 6. The van der Waals surface area contributed by atoms with Gasteiger partial charge in [0.05, 0.1) is 16.7 Å². The Morgan fingerprint density at radius 2 is 1.08 bits per heavy atom. The smallest absolute Gasteiger partial charge is 0.416 e. The van der Waals surface area contributed by atoms with Gasteiger partial charge in [0.2, 0.25) is 0 Å². The summed E-state index contributed by atoms with van der Waals surface area (Å²) in [6, 6.07) is 21.8. The van der Waals surface area contributed by atoms with Gasteiger partial charge in [-0.25, -0.2) is 9.59 Å². The molecule has 0 aliphatic carbocycles. The lowest BCUT2D eigenvalue weighted by atomic mass is 9.87. The van der Waals surface area contributed by atoms with Gasteiger partial charge in [-0.3, -0.25) is 0 Å². The zero-order valence-electron chi connectivity index (χ0n) is 18.4. The molecule has 0 aliphatic heterocycles. The van der Waals surface area contributed by atoms with E-state index in [-0.39, 0.29) is 16.9 Å². The standard InChI is InChI=1S/C29H15F3O4/c30-29(31,32)15-7-9-16(10-8-15)36-28(35)24-14-12-22-17-3-1-5-19-23(27(33)34)13-11-21(25(17)19)18-4-2-6-20(24)26(18)22/h1-14H,(H,33,34). The average Bonchev–Trinajstić information content (AvgIpc) is 2.86. The summed E-state index contributed by atoms with van der Waals surface area (Å²) >= 11 is 0. The van der Waals surface area contributed by atoms with Gasteiger partial charge in [0.1, 0.15) is 5.75 Å². The molecule has 6 aromatic rings. The zero-order chi connectivity index (χ0) is 25.2. The number of esters is 1. The number of carbonyl (C=O) groups is 2. The van der Waals surface area contributed by atoms with Crippen LogP contribution in [0.2, 0.25) is 0 Å². The van der Waals surface area contributed by atoms with Gasteiger partial charge in [0.25, 0.3) is 0 Å². The number of fused-ring (bicyclic) bond motifs is 2. The fourth-order valence-corrected chi connectivity index (χ4v) is 4.95. The fraction of sp³-hybridized carbons (Fsp3) is 0.0345. The lowest BCUT2D eigenvalue weighted by Gasteiger charge is -2.17. The van der Waals surface area contributed by atoms with Gasteiger partial charge in [-0.15, -0.1) is 0 Å². The van der Waals surface area contributed by atoms with E-state index in [0.717, 1.165) is 56.6 Å². The molecule has 0 aromatic heterocycles. The van der Waals surface area contributed by atoms with Crippen LogP contribution in [0.15, 0.2) is 84.9 Å². The monoisotopic (exact) mass is 484 g/mol. The Labute approximate surface area is 201 Å². The lowest BCUT2D eigenvalue weighted by molar-refractivity contribution is -0.137. The molecule has 0 fully saturated rings. The normalized spacial score (nSPS) is 12.1. The van der Waals surface area contributed by atoms with E-state index in [1.165, 1.54) is 0 Å². The molecule has 0 atom stereocenters. The largest absolute Gasteiger partial charge is 0.478 e. The van der Waals surface area contributed by atoms with Crippen molar-refractivity contribution in [3.05, 3.63) is 102 Å². The van der Waals surface area contributed by atoms with Gasteiger partial charge in [0.15, 0.2) is 0 Å². The molecule has 0 amide bonds. The van der Waals surface area contributed by atoms with Crippen molar-refractivity contribution >= 4 is 55.0 Å². The quantitative estimate of drug-likeness (QED) is 0.121. The summed E-state index contributed by atoms with van der Waals surface area (Å²) in [7, 11) is 0. The number of hydrogen-bond acceptors (Lipinski definition) is 3. The van der Waals surface area contributed by atoms with E-state index in [0.29, 0.717) is 10.8 Å². The Balaban J connectivity index is 1.54.